The van der Waals surface area contributed by atoms with Crippen LogP contribution in [0.2, 0.25) is 10.0 Å². The number of carbonyl (C=O) groups excluding carboxylic acids is 2. The molecule has 0 bridgehead atoms. The lowest BCUT2D eigenvalue weighted by Gasteiger charge is -2.42. The maximum absolute atomic E-state index is 13.0. The van der Waals surface area contributed by atoms with Crippen molar-refractivity contribution in [1.82, 2.24) is 5.32 Å². The molecule has 0 aliphatic carbocycles. The van der Waals surface area contributed by atoms with Gasteiger partial charge in [0.1, 0.15) is 6.29 Å². The van der Waals surface area contributed by atoms with E-state index in [-0.39, 0.29) is 24.2 Å². The van der Waals surface area contributed by atoms with Crippen LogP contribution in [0, 0.1) is 11.8 Å². The zero-order valence-electron chi connectivity index (χ0n) is 16.6. The van der Waals surface area contributed by atoms with Crippen LogP contribution < -0.4 is 11.1 Å². The maximum Gasteiger partial charge on any atom is 0.220 e. The highest BCUT2D eigenvalue weighted by atomic mass is 35.5. The van der Waals surface area contributed by atoms with Gasteiger partial charge in [-0.3, -0.25) is 4.79 Å². The summed E-state index contributed by atoms with van der Waals surface area (Å²) in [6.07, 6.45) is 1.97. The summed E-state index contributed by atoms with van der Waals surface area (Å²) in [5.41, 5.74) is 7.47. The van der Waals surface area contributed by atoms with Gasteiger partial charge in [-0.1, -0.05) is 55.2 Å². The Morgan fingerprint density at radius 1 is 1.21 bits per heavy atom. The summed E-state index contributed by atoms with van der Waals surface area (Å²) in [5.74, 6) is -0.273. The number of amides is 1. The number of aldehydes is 1. The van der Waals surface area contributed by atoms with E-state index in [0.29, 0.717) is 40.2 Å². The van der Waals surface area contributed by atoms with Gasteiger partial charge in [0.15, 0.2) is 0 Å². The largest absolute Gasteiger partial charge is 0.398 e. The Labute approximate surface area is 181 Å². The Kier molecular flexibility index (Phi) is 6.55. The monoisotopic (exact) mass is 432 g/mol. The predicted molar refractivity (Wildman–Crippen MR) is 118 cm³/mol. The molecule has 4 nitrogen and oxygen atoms in total. The first-order valence-corrected chi connectivity index (χ1v) is 10.6. The quantitative estimate of drug-likeness (QED) is 0.516. The summed E-state index contributed by atoms with van der Waals surface area (Å²) < 4.78 is 0. The summed E-state index contributed by atoms with van der Waals surface area (Å²) in [4.78, 5) is 25.6. The summed E-state index contributed by atoms with van der Waals surface area (Å²) >= 11 is 12.4. The Balaban J connectivity index is 2.30. The van der Waals surface area contributed by atoms with Gasteiger partial charge in [-0.15, -0.1) is 0 Å². The minimum Gasteiger partial charge on any atom is -0.398 e. The Hall–Kier alpha value is -2.04. The molecular weight excluding hydrogens is 407 g/mol. The van der Waals surface area contributed by atoms with Crippen molar-refractivity contribution >= 4 is 41.1 Å². The first kappa shape index (κ1) is 21.7. The standard InChI is InChI=1S/C23H26Cl2N2O2/c1-14(2)8-16-10-22(29)27-12-20(15-4-3-5-17(24)9-15)23(16,13-28)19-7-6-18(25)11-21(19)26/h3-7,9,11,13-14,16,20H,8,10,12,26H2,1-2H3,(H,27,29)/t16-,20-,23+/m1/s1. The molecule has 1 heterocycles. The molecule has 0 aromatic heterocycles. The fourth-order valence-corrected chi connectivity index (χ4v) is 5.06. The van der Waals surface area contributed by atoms with Crippen LogP contribution in [0.25, 0.3) is 0 Å². The van der Waals surface area contributed by atoms with Crippen molar-refractivity contribution in [2.45, 2.75) is 38.0 Å². The molecule has 154 valence electrons. The fourth-order valence-electron chi connectivity index (χ4n) is 4.68. The van der Waals surface area contributed by atoms with Crippen LogP contribution >= 0.6 is 23.2 Å². The molecule has 29 heavy (non-hydrogen) atoms. The third-order valence-corrected chi connectivity index (χ3v) is 6.34. The van der Waals surface area contributed by atoms with Gasteiger partial charge in [-0.05, 0) is 53.6 Å². The minimum atomic E-state index is -0.983. The van der Waals surface area contributed by atoms with Gasteiger partial charge >= 0.3 is 0 Å². The molecule has 3 atom stereocenters. The topological polar surface area (TPSA) is 72.2 Å². The highest BCUT2D eigenvalue weighted by Crippen LogP contribution is 2.50. The van der Waals surface area contributed by atoms with Gasteiger partial charge in [-0.2, -0.15) is 0 Å². The molecule has 3 rings (SSSR count). The number of nitrogens with two attached hydrogens (primary N) is 1. The SMILES string of the molecule is CC(C)C[C@@H]1CC(=O)NC[C@H](c2cccc(Cl)c2)[C@]1(C=O)c1ccc(Cl)cc1N. The molecule has 1 aliphatic heterocycles. The van der Waals surface area contributed by atoms with Crippen LogP contribution in [0.15, 0.2) is 42.5 Å². The second-order valence-corrected chi connectivity index (χ2v) is 9.10. The second-order valence-electron chi connectivity index (χ2n) is 8.22. The molecule has 2 aromatic rings. The number of hydrogen-bond donors (Lipinski definition) is 2. The van der Waals surface area contributed by atoms with Gasteiger partial charge in [0, 0.05) is 34.6 Å². The van der Waals surface area contributed by atoms with Crippen molar-refractivity contribution in [3.63, 3.8) is 0 Å². The molecule has 1 aliphatic rings. The van der Waals surface area contributed by atoms with E-state index < -0.39 is 5.41 Å². The van der Waals surface area contributed by atoms with E-state index in [9.17, 15) is 9.59 Å². The van der Waals surface area contributed by atoms with E-state index in [2.05, 4.69) is 19.2 Å². The number of nitrogens with one attached hydrogen (secondary N) is 1. The lowest BCUT2D eigenvalue weighted by molar-refractivity contribution is -0.122. The van der Waals surface area contributed by atoms with E-state index in [4.69, 9.17) is 28.9 Å². The van der Waals surface area contributed by atoms with Crippen LogP contribution in [0.4, 0.5) is 5.69 Å². The lowest BCUT2D eigenvalue weighted by Crippen LogP contribution is -2.45. The number of nitrogen functional groups attached to an aromatic ring is 1. The molecule has 0 spiro atoms. The maximum atomic E-state index is 13.0. The third kappa shape index (κ3) is 4.29. The predicted octanol–water partition coefficient (Wildman–Crippen LogP) is 4.98. The smallest absolute Gasteiger partial charge is 0.220 e. The molecule has 1 fully saturated rings. The Morgan fingerprint density at radius 3 is 2.55 bits per heavy atom. The van der Waals surface area contributed by atoms with Crippen LogP contribution in [0.3, 0.4) is 0 Å². The Morgan fingerprint density at radius 2 is 1.93 bits per heavy atom. The van der Waals surface area contributed by atoms with Crippen molar-refractivity contribution in [3.05, 3.63) is 63.6 Å². The molecule has 3 N–H and O–H groups in total. The van der Waals surface area contributed by atoms with E-state index in [1.54, 1.807) is 18.2 Å². The Bertz CT molecular complexity index is 916. The van der Waals surface area contributed by atoms with Crippen molar-refractivity contribution in [2.24, 2.45) is 11.8 Å². The molecule has 6 heteroatoms. The van der Waals surface area contributed by atoms with E-state index in [1.807, 2.05) is 24.3 Å². The minimum absolute atomic E-state index is 0.0565. The number of halogens is 2. The number of carbonyl (C=O) groups is 2. The lowest BCUT2D eigenvalue weighted by atomic mass is 9.59. The van der Waals surface area contributed by atoms with E-state index in [1.165, 1.54) is 0 Å². The van der Waals surface area contributed by atoms with Crippen LogP contribution in [0.1, 0.15) is 43.7 Å². The zero-order valence-corrected chi connectivity index (χ0v) is 18.1. The molecule has 0 unspecified atom stereocenters. The van der Waals surface area contributed by atoms with Crippen molar-refractivity contribution < 1.29 is 9.59 Å². The first-order chi connectivity index (χ1) is 13.8. The van der Waals surface area contributed by atoms with Crippen LogP contribution in [-0.2, 0) is 15.0 Å². The van der Waals surface area contributed by atoms with Crippen LogP contribution in [0.5, 0.6) is 0 Å². The van der Waals surface area contributed by atoms with Crippen molar-refractivity contribution in [3.8, 4) is 0 Å². The van der Waals surface area contributed by atoms with Crippen molar-refractivity contribution in [2.75, 3.05) is 12.3 Å². The second kappa shape index (κ2) is 8.76. The molecule has 0 radical (unpaired) electrons. The number of benzene rings is 2. The van der Waals surface area contributed by atoms with E-state index >= 15 is 0 Å². The van der Waals surface area contributed by atoms with Crippen molar-refractivity contribution in [1.29, 1.82) is 0 Å². The van der Waals surface area contributed by atoms with Gasteiger partial charge in [0.05, 0.1) is 5.41 Å². The van der Waals surface area contributed by atoms with Gasteiger partial charge in [0.2, 0.25) is 5.91 Å². The molecule has 1 amide bonds. The molecule has 1 saturated heterocycles. The highest BCUT2D eigenvalue weighted by molar-refractivity contribution is 6.31. The average molecular weight is 433 g/mol. The number of anilines is 1. The fraction of sp³-hybridized carbons (Fsp3) is 0.391. The summed E-state index contributed by atoms with van der Waals surface area (Å²) in [5, 5.41) is 4.09. The first-order valence-electron chi connectivity index (χ1n) is 9.82. The summed E-state index contributed by atoms with van der Waals surface area (Å²) in [7, 11) is 0. The molecule has 0 saturated carbocycles. The molecular formula is C23H26Cl2N2O2. The zero-order chi connectivity index (χ0) is 21.2. The molecule has 2 aromatic carbocycles. The van der Waals surface area contributed by atoms with Gasteiger partial charge in [0.25, 0.3) is 0 Å². The van der Waals surface area contributed by atoms with Gasteiger partial charge in [-0.25, -0.2) is 0 Å². The third-order valence-electron chi connectivity index (χ3n) is 5.87. The normalized spacial score (nSPS) is 24.8. The number of hydrogen-bond acceptors (Lipinski definition) is 3. The van der Waals surface area contributed by atoms with Crippen LogP contribution in [-0.4, -0.2) is 18.7 Å². The van der Waals surface area contributed by atoms with Gasteiger partial charge < -0.3 is 15.8 Å². The highest BCUT2D eigenvalue weighted by Gasteiger charge is 2.50. The van der Waals surface area contributed by atoms with E-state index in [0.717, 1.165) is 11.8 Å². The summed E-state index contributed by atoms with van der Waals surface area (Å²) in [6.45, 7) is 4.52. The average Bonchev–Trinajstić information content (AvgIpc) is 2.78. The summed E-state index contributed by atoms with van der Waals surface area (Å²) in [6, 6.07) is 12.7. The number of rotatable bonds is 5.